The minimum atomic E-state index is -3.57. The average molecular weight is 424 g/mol. The van der Waals surface area contributed by atoms with E-state index in [0.717, 1.165) is 19.3 Å². The van der Waals surface area contributed by atoms with Crippen molar-refractivity contribution in [2.24, 2.45) is 0 Å². The molecule has 0 aliphatic carbocycles. The summed E-state index contributed by atoms with van der Waals surface area (Å²) < 4.78 is 27.4. The van der Waals surface area contributed by atoms with Crippen LogP contribution in [0.4, 0.5) is 0 Å². The van der Waals surface area contributed by atoms with Crippen molar-refractivity contribution in [2.75, 3.05) is 19.6 Å². The highest BCUT2D eigenvalue weighted by Gasteiger charge is 2.31. The summed E-state index contributed by atoms with van der Waals surface area (Å²) in [5.74, 6) is -0.530. The van der Waals surface area contributed by atoms with Crippen LogP contribution < -0.4 is 5.32 Å². The Hall–Kier alpha value is -1.93. The molecular weight excluding hydrogens is 390 g/mol. The smallest absolute Gasteiger partial charge is 0.254 e. The van der Waals surface area contributed by atoms with Gasteiger partial charge in [-0.2, -0.15) is 4.31 Å². The van der Waals surface area contributed by atoms with Crippen LogP contribution in [0.3, 0.4) is 0 Å². The third kappa shape index (κ3) is 6.02. The minimum absolute atomic E-state index is 0.0213. The van der Waals surface area contributed by atoms with Gasteiger partial charge in [-0.1, -0.05) is 6.42 Å². The van der Waals surface area contributed by atoms with E-state index in [1.807, 2.05) is 27.7 Å². The fraction of sp³-hybridized carbons (Fsp3) is 0.619. The Bertz CT molecular complexity index is 828. The number of nitrogens with zero attached hydrogens (tertiary/aromatic N) is 2. The Balaban J connectivity index is 2.13. The van der Waals surface area contributed by atoms with E-state index in [2.05, 4.69) is 5.32 Å². The van der Waals surface area contributed by atoms with E-state index in [1.54, 1.807) is 11.2 Å². The second-order valence-electron chi connectivity index (χ2n) is 8.60. The third-order valence-corrected chi connectivity index (χ3v) is 7.00. The number of piperidine rings is 1. The van der Waals surface area contributed by atoms with Crippen molar-refractivity contribution in [3.63, 3.8) is 0 Å². The van der Waals surface area contributed by atoms with E-state index >= 15 is 0 Å². The van der Waals surface area contributed by atoms with Crippen molar-refractivity contribution >= 4 is 21.8 Å². The Labute approximate surface area is 174 Å². The molecule has 1 atom stereocenters. The molecule has 1 N–H and O–H groups in total. The first-order chi connectivity index (χ1) is 13.5. The fourth-order valence-electron chi connectivity index (χ4n) is 3.47. The third-order valence-electron chi connectivity index (χ3n) is 4.97. The van der Waals surface area contributed by atoms with Crippen LogP contribution in [0.5, 0.6) is 0 Å². The van der Waals surface area contributed by atoms with Crippen LogP contribution in [0.15, 0.2) is 29.2 Å². The predicted octanol–water partition coefficient (Wildman–Crippen LogP) is 2.63. The monoisotopic (exact) mass is 423 g/mol. The van der Waals surface area contributed by atoms with Crippen LogP contribution in [0, 0.1) is 0 Å². The van der Waals surface area contributed by atoms with Gasteiger partial charge >= 0.3 is 0 Å². The first-order valence-electron chi connectivity index (χ1n) is 10.2. The number of rotatable bonds is 6. The largest absolute Gasteiger partial charge is 0.350 e. The summed E-state index contributed by atoms with van der Waals surface area (Å²) in [6.07, 6.45) is 2.76. The molecular formula is C21H33N3O4S. The number of amides is 2. The van der Waals surface area contributed by atoms with Crippen molar-refractivity contribution in [1.29, 1.82) is 0 Å². The van der Waals surface area contributed by atoms with Gasteiger partial charge in [0.15, 0.2) is 0 Å². The zero-order valence-corrected chi connectivity index (χ0v) is 18.9. The van der Waals surface area contributed by atoms with Gasteiger partial charge in [0, 0.05) is 30.2 Å². The molecule has 0 aromatic heterocycles. The number of hydrogen-bond acceptors (Lipinski definition) is 4. The number of nitrogens with one attached hydrogen (secondary N) is 1. The van der Waals surface area contributed by atoms with Gasteiger partial charge in [0.25, 0.3) is 5.91 Å². The maximum absolute atomic E-state index is 12.9. The molecule has 0 saturated carbocycles. The van der Waals surface area contributed by atoms with Gasteiger partial charge in [-0.05, 0) is 71.7 Å². The summed E-state index contributed by atoms with van der Waals surface area (Å²) in [5, 5.41) is 2.84. The molecule has 1 aliphatic heterocycles. The highest BCUT2D eigenvalue weighted by atomic mass is 32.2. The zero-order valence-electron chi connectivity index (χ0n) is 18.1. The number of hydrogen-bond donors (Lipinski definition) is 1. The molecule has 1 unspecified atom stereocenters. The Morgan fingerprint density at radius 3 is 2.31 bits per heavy atom. The van der Waals surface area contributed by atoms with E-state index in [0.29, 0.717) is 18.7 Å². The molecule has 1 heterocycles. The molecule has 162 valence electrons. The first kappa shape index (κ1) is 23.3. The number of carbonyl (C=O) groups is 2. The van der Waals surface area contributed by atoms with E-state index in [4.69, 9.17) is 0 Å². The van der Waals surface area contributed by atoms with Crippen LogP contribution in [-0.2, 0) is 14.8 Å². The van der Waals surface area contributed by atoms with Gasteiger partial charge in [0.2, 0.25) is 15.9 Å². The highest BCUT2D eigenvalue weighted by molar-refractivity contribution is 7.89. The zero-order chi connectivity index (χ0) is 21.8. The van der Waals surface area contributed by atoms with Crippen LogP contribution in [-0.4, -0.2) is 60.7 Å². The first-order valence-corrected chi connectivity index (χ1v) is 11.6. The molecule has 1 fully saturated rings. The van der Waals surface area contributed by atoms with Crippen LogP contribution in [0.25, 0.3) is 0 Å². The van der Waals surface area contributed by atoms with Crippen molar-refractivity contribution in [2.45, 2.75) is 70.4 Å². The highest BCUT2D eigenvalue weighted by Crippen LogP contribution is 2.25. The predicted molar refractivity (Wildman–Crippen MR) is 113 cm³/mol. The van der Waals surface area contributed by atoms with Crippen molar-refractivity contribution in [1.82, 2.24) is 14.5 Å². The molecule has 8 heteroatoms. The van der Waals surface area contributed by atoms with Crippen molar-refractivity contribution < 1.29 is 18.0 Å². The Morgan fingerprint density at radius 1 is 1.17 bits per heavy atom. The lowest BCUT2D eigenvalue weighted by atomic mass is 10.1. The van der Waals surface area contributed by atoms with Crippen LogP contribution in [0.2, 0.25) is 0 Å². The maximum atomic E-state index is 12.9. The molecule has 1 saturated heterocycles. The van der Waals surface area contributed by atoms with Gasteiger partial charge in [-0.25, -0.2) is 8.42 Å². The summed E-state index contributed by atoms with van der Waals surface area (Å²) in [4.78, 5) is 26.6. The SMILES string of the molecule is CCN(CC(=O)NC(C)(C)C)C(=O)c1ccc(S(=O)(=O)N2CCCCC2C)cc1. The normalized spacial score (nSPS) is 18.3. The van der Waals surface area contributed by atoms with Gasteiger partial charge in [-0.3, -0.25) is 9.59 Å². The lowest BCUT2D eigenvalue weighted by molar-refractivity contribution is -0.123. The number of likely N-dealkylation sites (N-methyl/N-ethyl adjacent to an activating group) is 1. The lowest BCUT2D eigenvalue weighted by Crippen LogP contribution is -2.47. The molecule has 2 amide bonds. The average Bonchev–Trinajstić information content (AvgIpc) is 2.64. The van der Waals surface area contributed by atoms with Gasteiger partial charge in [0.05, 0.1) is 11.4 Å². The van der Waals surface area contributed by atoms with Gasteiger partial charge < -0.3 is 10.2 Å². The summed E-state index contributed by atoms with van der Waals surface area (Å²) >= 11 is 0. The number of carbonyl (C=O) groups excluding carboxylic acids is 2. The molecule has 0 radical (unpaired) electrons. The Morgan fingerprint density at radius 2 is 1.79 bits per heavy atom. The lowest BCUT2D eigenvalue weighted by Gasteiger charge is -2.32. The number of benzene rings is 1. The van der Waals surface area contributed by atoms with E-state index < -0.39 is 10.0 Å². The summed E-state index contributed by atoms with van der Waals surface area (Å²) in [6.45, 7) is 10.2. The second-order valence-corrected chi connectivity index (χ2v) is 10.5. The molecule has 29 heavy (non-hydrogen) atoms. The van der Waals surface area contributed by atoms with Crippen LogP contribution in [0.1, 0.15) is 64.2 Å². The summed E-state index contributed by atoms with van der Waals surface area (Å²) in [7, 11) is -3.57. The molecule has 0 spiro atoms. The second kappa shape index (κ2) is 9.26. The minimum Gasteiger partial charge on any atom is -0.350 e. The Kier molecular flexibility index (Phi) is 7.45. The van der Waals surface area contributed by atoms with Crippen LogP contribution >= 0.6 is 0 Å². The fourth-order valence-corrected chi connectivity index (χ4v) is 5.17. The molecule has 1 aromatic rings. The van der Waals surface area contributed by atoms with E-state index in [1.165, 1.54) is 29.2 Å². The summed E-state index contributed by atoms with van der Waals surface area (Å²) in [6, 6.07) is 5.98. The van der Waals surface area contributed by atoms with E-state index in [9.17, 15) is 18.0 Å². The van der Waals surface area contributed by atoms with E-state index in [-0.39, 0.29) is 34.8 Å². The molecule has 2 rings (SSSR count). The molecule has 1 aromatic carbocycles. The molecule has 0 bridgehead atoms. The van der Waals surface area contributed by atoms with Crippen molar-refractivity contribution in [3.05, 3.63) is 29.8 Å². The van der Waals surface area contributed by atoms with Gasteiger partial charge in [-0.15, -0.1) is 0 Å². The topological polar surface area (TPSA) is 86.8 Å². The van der Waals surface area contributed by atoms with Gasteiger partial charge in [0.1, 0.15) is 0 Å². The number of sulfonamides is 1. The molecule has 1 aliphatic rings. The summed E-state index contributed by atoms with van der Waals surface area (Å²) in [5.41, 5.74) is -0.0118. The molecule has 7 nitrogen and oxygen atoms in total. The maximum Gasteiger partial charge on any atom is 0.254 e. The standard InChI is InChI=1S/C21H33N3O4S/c1-6-23(15-19(25)22-21(3,4)5)20(26)17-10-12-18(13-11-17)29(27,28)24-14-8-7-9-16(24)2/h10-13,16H,6-9,14-15H2,1-5H3,(H,22,25). The van der Waals surface area contributed by atoms with Crippen molar-refractivity contribution in [3.8, 4) is 0 Å². The quantitative estimate of drug-likeness (QED) is 0.762.